The molecule has 4 rings (SSSR count). The lowest BCUT2D eigenvalue weighted by Crippen LogP contribution is -2.43. The number of nitrogens with one attached hydrogen (secondary N) is 1. The standard InChI is InChI=1S/C24H31N3O4S/c1-31-20-11-13-21(14-12-20)32(29,30)27-17-7-8-19(18-27)24(28)25-22-9-3-4-10-23(22)26-15-5-2-6-16-26/h3-4,9-14,19H,2,5-8,15-18H2,1H3,(H,25,28). The number of sulfonamides is 1. The summed E-state index contributed by atoms with van der Waals surface area (Å²) in [7, 11) is -2.12. The highest BCUT2D eigenvalue weighted by Gasteiger charge is 2.33. The third-order valence-corrected chi connectivity index (χ3v) is 8.19. The first-order valence-electron chi connectivity index (χ1n) is 11.3. The molecule has 1 atom stereocenters. The molecular weight excluding hydrogens is 426 g/mol. The molecule has 1 unspecified atom stereocenters. The fourth-order valence-corrected chi connectivity index (χ4v) is 6.02. The lowest BCUT2D eigenvalue weighted by atomic mass is 9.98. The first-order valence-corrected chi connectivity index (χ1v) is 12.7. The summed E-state index contributed by atoms with van der Waals surface area (Å²) in [6, 6.07) is 14.3. The van der Waals surface area contributed by atoms with Gasteiger partial charge in [-0.1, -0.05) is 12.1 Å². The van der Waals surface area contributed by atoms with Crippen LogP contribution in [0.2, 0.25) is 0 Å². The molecular formula is C24H31N3O4S. The third-order valence-electron chi connectivity index (χ3n) is 6.31. The van der Waals surface area contributed by atoms with Gasteiger partial charge in [-0.3, -0.25) is 4.79 Å². The largest absolute Gasteiger partial charge is 0.497 e. The van der Waals surface area contributed by atoms with Gasteiger partial charge in [0.2, 0.25) is 15.9 Å². The number of anilines is 2. The van der Waals surface area contributed by atoms with E-state index < -0.39 is 10.0 Å². The minimum atomic E-state index is -3.66. The van der Waals surface area contributed by atoms with Crippen LogP contribution in [0.5, 0.6) is 5.75 Å². The van der Waals surface area contributed by atoms with E-state index in [-0.39, 0.29) is 23.3 Å². The molecule has 1 amide bonds. The van der Waals surface area contributed by atoms with Crippen LogP contribution in [0.3, 0.4) is 0 Å². The van der Waals surface area contributed by atoms with Gasteiger partial charge in [0.1, 0.15) is 5.75 Å². The number of para-hydroxylation sites is 2. The van der Waals surface area contributed by atoms with Gasteiger partial charge in [-0.05, 0) is 68.5 Å². The highest BCUT2D eigenvalue weighted by Crippen LogP contribution is 2.30. The molecule has 2 saturated heterocycles. The zero-order valence-corrected chi connectivity index (χ0v) is 19.3. The number of methoxy groups -OCH3 is 1. The van der Waals surface area contributed by atoms with E-state index in [0.717, 1.165) is 37.3 Å². The van der Waals surface area contributed by atoms with E-state index in [1.807, 2.05) is 24.3 Å². The van der Waals surface area contributed by atoms with Crippen LogP contribution in [0.15, 0.2) is 53.4 Å². The van der Waals surface area contributed by atoms with Crippen LogP contribution in [-0.2, 0) is 14.8 Å². The smallest absolute Gasteiger partial charge is 0.243 e. The Morgan fingerprint density at radius 2 is 1.69 bits per heavy atom. The molecule has 0 saturated carbocycles. The minimum Gasteiger partial charge on any atom is -0.497 e. The molecule has 0 radical (unpaired) electrons. The van der Waals surface area contributed by atoms with E-state index >= 15 is 0 Å². The van der Waals surface area contributed by atoms with Gasteiger partial charge in [0.25, 0.3) is 0 Å². The Kier molecular flexibility index (Phi) is 7.01. The summed E-state index contributed by atoms with van der Waals surface area (Å²) in [6.45, 7) is 2.59. The number of hydrogen-bond donors (Lipinski definition) is 1. The molecule has 2 aromatic carbocycles. The average Bonchev–Trinajstić information content (AvgIpc) is 2.85. The highest BCUT2D eigenvalue weighted by molar-refractivity contribution is 7.89. The van der Waals surface area contributed by atoms with Crippen molar-refractivity contribution in [2.75, 3.05) is 43.5 Å². The first-order chi connectivity index (χ1) is 15.5. The van der Waals surface area contributed by atoms with Crippen LogP contribution in [0, 0.1) is 5.92 Å². The number of hydrogen-bond acceptors (Lipinski definition) is 5. The summed E-state index contributed by atoms with van der Waals surface area (Å²) >= 11 is 0. The summed E-state index contributed by atoms with van der Waals surface area (Å²) in [5, 5.41) is 3.09. The van der Waals surface area contributed by atoms with E-state index in [9.17, 15) is 13.2 Å². The Labute approximate surface area is 190 Å². The summed E-state index contributed by atoms with van der Waals surface area (Å²) in [5.74, 6) is 0.0995. The zero-order valence-electron chi connectivity index (χ0n) is 18.5. The maximum Gasteiger partial charge on any atom is 0.243 e. The topological polar surface area (TPSA) is 79.0 Å². The lowest BCUT2D eigenvalue weighted by Gasteiger charge is -2.33. The van der Waals surface area contributed by atoms with E-state index in [1.165, 1.54) is 10.7 Å². The van der Waals surface area contributed by atoms with E-state index in [0.29, 0.717) is 25.1 Å². The highest BCUT2D eigenvalue weighted by atomic mass is 32.2. The molecule has 0 bridgehead atoms. The molecule has 7 nitrogen and oxygen atoms in total. The second kappa shape index (κ2) is 9.92. The van der Waals surface area contributed by atoms with Gasteiger partial charge in [0.05, 0.1) is 29.3 Å². The van der Waals surface area contributed by atoms with Crippen LogP contribution in [0.25, 0.3) is 0 Å². The fourth-order valence-electron chi connectivity index (χ4n) is 4.50. The van der Waals surface area contributed by atoms with Gasteiger partial charge in [0, 0.05) is 26.2 Å². The van der Waals surface area contributed by atoms with Gasteiger partial charge < -0.3 is 15.0 Å². The van der Waals surface area contributed by atoms with Gasteiger partial charge in [0.15, 0.2) is 0 Å². The number of nitrogens with zero attached hydrogens (tertiary/aromatic N) is 2. The molecule has 2 heterocycles. The number of benzene rings is 2. The van der Waals surface area contributed by atoms with E-state index in [4.69, 9.17) is 4.74 Å². The molecule has 0 aliphatic carbocycles. The number of rotatable bonds is 6. The Morgan fingerprint density at radius 1 is 0.969 bits per heavy atom. The first kappa shape index (κ1) is 22.6. The molecule has 172 valence electrons. The number of carbonyl (C=O) groups is 1. The number of piperidine rings is 2. The molecule has 0 spiro atoms. The van der Waals surface area contributed by atoms with Crippen molar-refractivity contribution in [2.24, 2.45) is 5.92 Å². The van der Waals surface area contributed by atoms with Crippen molar-refractivity contribution in [2.45, 2.75) is 37.0 Å². The molecule has 8 heteroatoms. The Hall–Kier alpha value is -2.58. The predicted molar refractivity (Wildman–Crippen MR) is 126 cm³/mol. The summed E-state index contributed by atoms with van der Waals surface area (Å²) in [6.07, 6.45) is 4.88. The molecule has 2 aliphatic heterocycles. The molecule has 32 heavy (non-hydrogen) atoms. The SMILES string of the molecule is COc1ccc(S(=O)(=O)N2CCCC(C(=O)Nc3ccccc3N3CCCCC3)C2)cc1. The van der Waals surface area contributed by atoms with Crippen molar-refractivity contribution in [1.82, 2.24) is 4.31 Å². The third kappa shape index (κ3) is 4.91. The average molecular weight is 458 g/mol. The number of carbonyl (C=O) groups excluding carboxylic acids is 1. The molecule has 1 N–H and O–H groups in total. The quantitative estimate of drug-likeness (QED) is 0.715. The maximum absolute atomic E-state index is 13.1. The van der Waals surface area contributed by atoms with Crippen LogP contribution >= 0.6 is 0 Å². The van der Waals surface area contributed by atoms with E-state index in [2.05, 4.69) is 10.2 Å². The molecule has 2 aromatic rings. The van der Waals surface area contributed by atoms with Gasteiger partial charge >= 0.3 is 0 Å². The van der Waals surface area contributed by atoms with Crippen molar-refractivity contribution in [3.63, 3.8) is 0 Å². The van der Waals surface area contributed by atoms with Crippen LogP contribution in [0.4, 0.5) is 11.4 Å². The molecule has 2 fully saturated rings. The number of ether oxygens (including phenoxy) is 1. The van der Waals surface area contributed by atoms with Crippen molar-refractivity contribution in [1.29, 1.82) is 0 Å². The summed E-state index contributed by atoms with van der Waals surface area (Å²) in [5.41, 5.74) is 1.84. The van der Waals surface area contributed by atoms with Gasteiger partial charge in [-0.25, -0.2) is 8.42 Å². The normalized spacial score (nSPS) is 20.0. The van der Waals surface area contributed by atoms with Gasteiger partial charge in [-0.2, -0.15) is 4.31 Å². The Bertz CT molecular complexity index is 1030. The van der Waals surface area contributed by atoms with Crippen LogP contribution < -0.4 is 15.0 Å². The van der Waals surface area contributed by atoms with Crippen molar-refractivity contribution in [3.05, 3.63) is 48.5 Å². The van der Waals surface area contributed by atoms with Crippen LogP contribution in [-0.4, -0.2) is 51.9 Å². The zero-order chi connectivity index (χ0) is 22.6. The summed E-state index contributed by atoms with van der Waals surface area (Å²) in [4.78, 5) is 15.7. The second-order valence-electron chi connectivity index (χ2n) is 8.43. The minimum absolute atomic E-state index is 0.121. The van der Waals surface area contributed by atoms with Crippen molar-refractivity contribution >= 4 is 27.3 Å². The maximum atomic E-state index is 13.1. The predicted octanol–water partition coefficient (Wildman–Crippen LogP) is 3.72. The van der Waals surface area contributed by atoms with Crippen LogP contribution in [0.1, 0.15) is 32.1 Å². The Morgan fingerprint density at radius 3 is 2.41 bits per heavy atom. The van der Waals surface area contributed by atoms with Crippen molar-refractivity contribution in [3.8, 4) is 5.75 Å². The lowest BCUT2D eigenvalue weighted by molar-refractivity contribution is -0.120. The van der Waals surface area contributed by atoms with Gasteiger partial charge in [-0.15, -0.1) is 0 Å². The fraction of sp³-hybridized carbons (Fsp3) is 0.458. The summed E-state index contributed by atoms with van der Waals surface area (Å²) < 4.78 is 32.8. The monoisotopic (exact) mass is 457 g/mol. The van der Waals surface area contributed by atoms with E-state index in [1.54, 1.807) is 31.4 Å². The molecule has 0 aromatic heterocycles. The Balaban J connectivity index is 1.46. The van der Waals surface area contributed by atoms with Crippen molar-refractivity contribution < 1.29 is 17.9 Å². The number of amides is 1. The second-order valence-corrected chi connectivity index (χ2v) is 10.4. The molecule has 2 aliphatic rings.